The van der Waals surface area contributed by atoms with E-state index in [4.69, 9.17) is 0 Å². The van der Waals surface area contributed by atoms with Crippen molar-refractivity contribution in [2.75, 3.05) is 23.4 Å². The zero-order valence-corrected chi connectivity index (χ0v) is 19.6. The molecule has 4 amide bonds. The van der Waals surface area contributed by atoms with Crippen LogP contribution in [0.3, 0.4) is 0 Å². The second-order valence-electron chi connectivity index (χ2n) is 9.31. The zero-order valence-electron chi connectivity index (χ0n) is 19.6. The summed E-state index contributed by atoms with van der Waals surface area (Å²) in [6.07, 6.45) is 6.90. The minimum absolute atomic E-state index is 0.0811. The van der Waals surface area contributed by atoms with E-state index in [0.717, 1.165) is 31.5 Å². The molecular weight excluding hydrogens is 444 g/mol. The summed E-state index contributed by atoms with van der Waals surface area (Å²) in [5.74, 6) is -1.63. The highest BCUT2D eigenvalue weighted by Crippen LogP contribution is 2.32. The minimum atomic E-state index is -0.405. The molecule has 2 aromatic rings. The summed E-state index contributed by atoms with van der Waals surface area (Å²) >= 11 is 0. The summed E-state index contributed by atoms with van der Waals surface area (Å²) < 4.78 is 0. The van der Waals surface area contributed by atoms with Gasteiger partial charge in [-0.2, -0.15) is 0 Å². The van der Waals surface area contributed by atoms with E-state index in [0.29, 0.717) is 35.3 Å². The predicted octanol–water partition coefficient (Wildman–Crippen LogP) is 3.44. The maximum absolute atomic E-state index is 13.2. The average Bonchev–Trinajstić information content (AvgIpc) is 3.41. The van der Waals surface area contributed by atoms with Gasteiger partial charge < -0.3 is 10.2 Å². The first-order valence-corrected chi connectivity index (χ1v) is 12.0. The fourth-order valence-electron chi connectivity index (χ4n) is 5.10. The lowest BCUT2D eigenvalue weighted by Crippen LogP contribution is -2.59. The Hall–Kier alpha value is -3.94. The van der Waals surface area contributed by atoms with Crippen LogP contribution in [0.15, 0.2) is 54.6 Å². The Morgan fingerprint density at radius 1 is 0.971 bits per heavy atom. The van der Waals surface area contributed by atoms with Crippen molar-refractivity contribution in [2.45, 2.75) is 32.6 Å². The van der Waals surface area contributed by atoms with Crippen LogP contribution in [0.4, 0.5) is 11.4 Å². The van der Waals surface area contributed by atoms with E-state index >= 15 is 0 Å². The Balaban J connectivity index is 1.38. The van der Waals surface area contributed by atoms with Crippen molar-refractivity contribution < 1.29 is 19.2 Å². The molecule has 2 fully saturated rings. The number of carbonyl (C=O) groups is 4. The van der Waals surface area contributed by atoms with Gasteiger partial charge in [-0.15, -0.1) is 0 Å². The van der Waals surface area contributed by atoms with Crippen LogP contribution in [0.2, 0.25) is 0 Å². The van der Waals surface area contributed by atoms with Gasteiger partial charge in [-0.3, -0.25) is 24.6 Å². The number of likely N-dealkylation sites (tertiary alicyclic amines) is 1. The molecule has 0 spiro atoms. The second kappa shape index (κ2) is 9.37. The lowest BCUT2D eigenvalue weighted by molar-refractivity contribution is -0.139. The van der Waals surface area contributed by atoms with Crippen LogP contribution in [0, 0.1) is 18.8 Å². The van der Waals surface area contributed by atoms with Gasteiger partial charge in [-0.05, 0) is 62.4 Å². The van der Waals surface area contributed by atoms with E-state index < -0.39 is 11.8 Å². The standard InChI is InChI=1S/C27H28N4O4/c1-17-8-6-13-22(23(17)27(35)30-14-4-5-15-30)28-24(32)18-9-7-10-19(16-18)31-26(34)21-12-3-2-11-20(21)25(33)29-31/h2-3,6-10,13,16,20-21H,4-5,11-12,14-15H2,1H3,(H,28,32)(H,29,33). The molecule has 180 valence electrons. The number of nitrogens with zero attached hydrogens (tertiary/aromatic N) is 2. The molecule has 8 nitrogen and oxygen atoms in total. The summed E-state index contributed by atoms with van der Waals surface area (Å²) in [7, 11) is 0. The molecule has 1 aliphatic carbocycles. The van der Waals surface area contributed by atoms with Gasteiger partial charge in [0.2, 0.25) is 11.8 Å². The van der Waals surface area contributed by atoms with Gasteiger partial charge in [-0.1, -0.05) is 30.4 Å². The molecule has 35 heavy (non-hydrogen) atoms. The molecule has 0 bridgehead atoms. The molecule has 2 aliphatic heterocycles. The number of amides is 4. The molecule has 0 radical (unpaired) electrons. The van der Waals surface area contributed by atoms with E-state index in [1.54, 1.807) is 36.4 Å². The molecule has 0 saturated carbocycles. The highest BCUT2D eigenvalue weighted by molar-refractivity contribution is 6.10. The van der Waals surface area contributed by atoms with Crippen molar-refractivity contribution in [1.82, 2.24) is 10.3 Å². The molecule has 5 rings (SSSR count). The number of rotatable bonds is 4. The van der Waals surface area contributed by atoms with Crippen LogP contribution < -0.4 is 15.8 Å². The van der Waals surface area contributed by atoms with Crippen LogP contribution in [-0.4, -0.2) is 41.6 Å². The van der Waals surface area contributed by atoms with Crippen LogP contribution in [0.25, 0.3) is 0 Å². The predicted molar refractivity (Wildman–Crippen MR) is 132 cm³/mol. The summed E-state index contributed by atoms with van der Waals surface area (Å²) in [5.41, 5.74) is 5.17. The third kappa shape index (κ3) is 4.32. The van der Waals surface area contributed by atoms with Crippen molar-refractivity contribution in [2.24, 2.45) is 11.8 Å². The number of hydrogen-bond acceptors (Lipinski definition) is 4. The number of aryl methyl sites for hydroxylation is 1. The van der Waals surface area contributed by atoms with Crippen LogP contribution in [0.5, 0.6) is 0 Å². The second-order valence-corrected chi connectivity index (χ2v) is 9.31. The molecule has 0 aromatic heterocycles. The Kier molecular flexibility index (Phi) is 6.11. The molecule has 3 aliphatic rings. The minimum Gasteiger partial charge on any atom is -0.339 e. The quantitative estimate of drug-likeness (QED) is 0.666. The number of anilines is 2. The Labute approximate surface area is 203 Å². The van der Waals surface area contributed by atoms with E-state index in [1.165, 1.54) is 5.01 Å². The van der Waals surface area contributed by atoms with Crippen molar-refractivity contribution in [3.05, 3.63) is 71.3 Å². The molecule has 8 heteroatoms. The number of fused-ring (bicyclic) bond motifs is 1. The molecule has 2 aromatic carbocycles. The number of benzene rings is 2. The largest absolute Gasteiger partial charge is 0.339 e. The van der Waals surface area contributed by atoms with Gasteiger partial charge in [0, 0.05) is 18.7 Å². The van der Waals surface area contributed by atoms with Crippen LogP contribution >= 0.6 is 0 Å². The first kappa shape index (κ1) is 22.8. The van der Waals surface area contributed by atoms with Gasteiger partial charge in [0.05, 0.1) is 28.8 Å². The maximum atomic E-state index is 13.2. The van der Waals surface area contributed by atoms with Crippen molar-refractivity contribution in [1.29, 1.82) is 0 Å². The molecule has 2 saturated heterocycles. The number of hydrogen-bond donors (Lipinski definition) is 2. The molecule has 2 atom stereocenters. The van der Waals surface area contributed by atoms with Gasteiger partial charge in [0.1, 0.15) is 0 Å². The molecule has 2 heterocycles. The highest BCUT2D eigenvalue weighted by atomic mass is 16.2. The number of carbonyl (C=O) groups excluding carboxylic acids is 4. The number of nitrogens with one attached hydrogen (secondary N) is 2. The topological polar surface area (TPSA) is 98.8 Å². The Morgan fingerprint density at radius 2 is 1.69 bits per heavy atom. The molecular formula is C27H28N4O4. The average molecular weight is 473 g/mol. The third-order valence-corrected chi connectivity index (χ3v) is 7.02. The first-order valence-electron chi connectivity index (χ1n) is 12.0. The smallest absolute Gasteiger partial charge is 0.256 e. The van der Waals surface area contributed by atoms with E-state index in [1.807, 2.05) is 30.0 Å². The number of allylic oxidation sites excluding steroid dienone is 2. The van der Waals surface area contributed by atoms with Gasteiger partial charge in [0.25, 0.3) is 11.8 Å². The van der Waals surface area contributed by atoms with Crippen molar-refractivity contribution in [3.8, 4) is 0 Å². The molecule has 2 unspecified atom stereocenters. The van der Waals surface area contributed by atoms with E-state index in [-0.39, 0.29) is 23.6 Å². The van der Waals surface area contributed by atoms with E-state index in [2.05, 4.69) is 10.7 Å². The highest BCUT2D eigenvalue weighted by Gasteiger charge is 2.42. The fraction of sp³-hybridized carbons (Fsp3) is 0.333. The van der Waals surface area contributed by atoms with Gasteiger partial charge in [-0.25, -0.2) is 5.01 Å². The number of hydrazine groups is 1. The van der Waals surface area contributed by atoms with Crippen molar-refractivity contribution >= 4 is 35.0 Å². The lowest BCUT2D eigenvalue weighted by Gasteiger charge is -2.38. The lowest BCUT2D eigenvalue weighted by atomic mass is 9.80. The Bertz CT molecular complexity index is 1230. The maximum Gasteiger partial charge on any atom is 0.256 e. The van der Waals surface area contributed by atoms with Gasteiger partial charge >= 0.3 is 0 Å². The summed E-state index contributed by atoms with van der Waals surface area (Å²) in [6.45, 7) is 3.30. The summed E-state index contributed by atoms with van der Waals surface area (Å²) in [6, 6.07) is 12.0. The SMILES string of the molecule is Cc1cccc(NC(=O)c2cccc(N3NC(=O)C4CC=CCC4C3=O)c2)c1C(=O)N1CCCC1. The van der Waals surface area contributed by atoms with E-state index in [9.17, 15) is 19.2 Å². The monoisotopic (exact) mass is 472 g/mol. The molecule has 2 N–H and O–H groups in total. The summed E-state index contributed by atoms with van der Waals surface area (Å²) in [4.78, 5) is 53.8. The first-order chi connectivity index (χ1) is 16.9. The summed E-state index contributed by atoms with van der Waals surface area (Å²) in [5, 5.41) is 4.13. The normalized spacial score (nSPS) is 21.5. The van der Waals surface area contributed by atoms with Crippen LogP contribution in [0.1, 0.15) is 52.0 Å². The fourth-order valence-corrected chi connectivity index (χ4v) is 5.10. The van der Waals surface area contributed by atoms with Crippen molar-refractivity contribution in [3.63, 3.8) is 0 Å². The van der Waals surface area contributed by atoms with Crippen LogP contribution in [-0.2, 0) is 9.59 Å². The zero-order chi connectivity index (χ0) is 24.5. The third-order valence-electron chi connectivity index (χ3n) is 7.02. The van der Waals surface area contributed by atoms with Gasteiger partial charge in [0.15, 0.2) is 0 Å². The Morgan fingerprint density at radius 3 is 2.46 bits per heavy atom.